The molecule has 0 aliphatic carbocycles. The number of carbonyl (C=O) groups is 2. The third-order valence-corrected chi connectivity index (χ3v) is 4.98. The molecule has 0 saturated carbocycles. The standard InChI is InChI=1S/C17H24N4O2S/c1-9-13(11(3)21(7)20-9)14(22)15(23)18-10(2)16-19-12(8-24-16)17(4,5)6/h8,10H,1-7H3,(H,18,23). The number of aromatic nitrogens is 3. The number of aryl methyl sites for hydroxylation is 2. The zero-order chi connectivity index (χ0) is 18.2. The van der Waals surface area contributed by atoms with E-state index in [-0.39, 0.29) is 11.5 Å². The first kappa shape index (κ1) is 18.3. The molecule has 0 radical (unpaired) electrons. The Bertz CT molecular complexity index is 783. The van der Waals surface area contributed by atoms with Gasteiger partial charge in [-0.25, -0.2) is 4.98 Å². The molecule has 1 amide bonds. The third-order valence-electron chi connectivity index (χ3n) is 3.95. The van der Waals surface area contributed by atoms with Gasteiger partial charge in [0.1, 0.15) is 5.01 Å². The quantitative estimate of drug-likeness (QED) is 0.681. The van der Waals surface area contributed by atoms with Crippen LogP contribution in [0.4, 0.5) is 0 Å². The van der Waals surface area contributed by atoms with E-state index in [2.05, 4.69) is 36.2 Å². The van der Waals surface area contributed by atoms with Crippen molar-refractivity contribution in [2.75, 3.05) is 0 Å². The number of rotatable bonds is 4. The van der Waals surface area contributed by atoms with Crippen molar-refractivity contribution in [3.63, 3.8) is 0 Å². The third kappa shape index (κ3) is 3.56. The predicted molar refractivity (Wildman–Crippen MR) is 94.4 cm³/mol. The van der Waals surface area contributed by atoms with E-state index in [0.717, 1.165) is 10.7 Å². The van der Waals surface area contributed by atoms with Crippen LogP contribution in [0.3, 0.4) is 0 Å². The van der Waals surface area contributed by atoms with Crippen molar-refractivity contribution in [1.29, 1.82) is 0 Å². The Morgan fingerprint density at radius 2 is 1.92 bits per heavy atom. The average molecular weight is 348 g/mol. The molecule has 130 valence electrons. The van der Waals surface area contributed by atoms with Gasteiger partial charge in [0.25, 0.3) is 11.7 Å². The summed E-state index contributed by atoms with van der Waals surface area (Å²) in [7, 11) is 1.75. The molecule has 0 aliphatic heterocycles. The summed E-state index contributed by atoms with van der Waals surface area (Å²) in [5, 5.41) is 9.72. The van der Waals surface area contributed by atoms with E-state index < -0.39 is 11.7 Å². The molecule has 7 heteroatoms. The van der Waals surface area contributed by atoms with E-state index in [9.17, 15) is 9.59 Å². The molecule has 1 N–H and O–H groups in total. The molecular formula is C17H24N4O2S. The van der Waals surface area contributed by atoms with Crippen molar-refractivity contribution >= 4 is 23.0 Å². The van der Waals surface area contributed by atoms with Crippen LogP contribution in [-0.2, 0) is 17.3 Å². The molecule has 1 unspecified atom stereocenters. The number of amides is 1. The zero-order valence-electron chi connectivity index (χ0n) is 15.2. The van der Waals surface area contributed by atoms with Gasteiger partial charge in [-0.05, 0) is 20.8 Å². The first-order valence-electron chi connectivity index (χ1n) is 7.83. The topological polar surface area (TPSA) is 76.9 Å². The van der Waals surface area contributed by atoms with E-state index in [1.54, 1.807) is 25.6 Å². The molecule has 2 aromatic heterocycles. The van der Waals surface area contributed by atoms with Crippen molar-refractivity contribution in [3.8, 4) is 0 Å². The molecule has 0 saturated heterocycles. The lowest BCUT2D eigenvalue weighted by Gasteiger charge is -2.15. The molecule has 0 aromatic carbocycles. The lowest BCUT2D eigenvalue weighted by atomic mass is 9.93. The van der Waals surface area contributed by atoms with Crippen LogP contribution in [0, 0.1) is 13.8 Å². The van der Waals surface area contributed by atoms with Crippen LogP contribution >= 0.6 is 11.3 Å². The number of hydrogen-bond donors (Lipinski definition) is 1. The number of thiazole rings is 1. The molecule has 0 fully saturated rings. The van der Waals surface area contributed by atoms with Gasteiger partial charge in [0.2, 0.25) is 0 Å². The fraction of sp³-hybridized carbons (Fsp3) is 0.529. The Morgan fingerprint density at radius 3 is 2.38 bits per heavy atom. The van der Waals surface area contributed by atoms with Crippen LogP contribution < -0.4 is 5.32 Å². The summed E-state index contributed by atoms with van der Waals surface area (Å²) in [6.07, 6.45) is 0. The largest absolute Gasteiger partial charge is 0.340 e. The minimum Gasteiger partial charge on any atom is -0.340 e. The zero-order valence-corrected chi connectivity index (χ0v) is 16.0. The first-order valence-corrected chi connectivity index (χ1v) is 8.71. The van der Waals surface area contributed by atoms with Crippen molar-refractivity contribution in [1.82, 2.24) is 20.1 Å². The number of nitrogens with zero attached hydrogens (tertiary/aromatic N) is 3. The van der Waals surface area contributed by atoms with Crippen LogP contribution in [0.1, 0.15) is 66.2 Å². The van der Waals surface area contributed by atoms with Gasteiger partial charge in [-0.15, -0.1) is 11.3 Å². The van der Waals surface area contributed by atoms with E-state index in [4.69, 9.17) is 0 Å². The molecule has 0 spiro atoms. The highest BCUT2D eigenvalue weighted by molar-refractivity contribution is 7.09. The number of hydrogen-bond acceptors (Lipinski definition) is 5. The Hall–Kier alpha value is -2.02. The van der Waals surface area contributed by atoms with Gasteiger partial charge in [-0.3, -0.25) is 14.3 Å². The van der Waals surface area contributed by atoms with Crippen molar-refractivity contribution < 1.29 is 9.59 Å². The predicted octanol–water partition coefficient (Wildman–Crippen LogP) is 2.85. The summed E-state index contributed by atoms with van der Waals surface area (Å²) in [4.78, 5) is 29.4. The maximum Gasteiger partial charge on any atom is 0.293 e. The van der Waals surface area contributed by atoms with Crippen LogP contribution in [0.2, 0.25) is 0 Å². The Labute approximate surface area is 146 Å². The highest BCUT2D eigenvalue weighted by Gasteiger charge is 2.26. The van der Waals surface area contributed by atoms with E-state index in [1.165, 1.54) is 11.3 Å². The number of carbonyl (C=O) groups excluding carboxylic acids is 2. The van der Waals surface area contributed by atoms with Gasteiger partial charge in [0.05, 0.1) is 23.0 Å². The maximum atomic E-state index is 12.4. The minimum absolute atomic E-state index is 0.0434. The van der Waals surface area contributed by atoms with Gasteiger partial charge >= 0.3 is 0 Å². The summed E-state index contributed by atoms with van der Waals surface area (Å²) in [6, 6.07) is -0.320. The molecule has 0 aliphatic rings. The molecule has 2 rings (SSSR count). The highest BCUT2D eigenvalue weighted by atomic mass is 32.1. The number of Topliss-reactive ketones (excluding diaryl/α,β-unsaturated/α-hetero) is 1. The van der Waals surface area contributed by atoms with Crippen LogP contribution in [0.5, 0.6) is 0 Å². The highest BCUT2D eigenvalue weighted by Crippen LogP contribution is 2.26. The molecule has 6 nitrogen and oxygen atoms in total. The molecule has 2 heterocycles. The summed E-state index contributed by atoms with van der Waals surface area (Å²) in [5.41, 5.74) is 2.56. The number of nitrogens with one attached hydrogen (secondary N) is 1. The monoisotopic (exact) mass is 348 g/mol. The summed E-state index contributed by atoms with van der Waals surface area (Å²) >= 11 is 1.49. The van der Waals surface area contributed by atoms with Crippen molar-refractivity contribution in [3.05, 3.63) is 33.0 Å². The van der Waals surface area contributed by atoms with Crippen LogP contribution in [0.15, 0.2) is 5.38 Å². The fourth-order valence-corrected chi connectivity index (χ4v) is 3.42. The summed E-state index contributed by atoms with van der Waals surface area (Å²) < 4.78 is 1.61. The molecule has 2 aromatic rings. The Morgan fingerprint density at radius 1 is 1.29 bits per heavy atom. The smallest absolute Gasteiger partial charge is 0.293 e. The number of ketones is 1. The molecule has 0 bridgehead atoms. The van der Waals surface area contributed by atoms with Gasteiger partial charge in [-0.1, -0.05) is 20.8 Å². The molecule has 24 heavy (non-hydrogen) atoms. The van der Waals surface area contributed by atoms with Gasteiger partial charge in [0.15, 0.2) is 0 Å². The molecule has 1 atom stereocenters. The average Bonchev–Trinajstić information content (AvgIpc) is 3.04. The van der Waals surface area contributed by atoms with Crippen molar-refractivity contribution in [2.24, 2.45) is 7.05 Å². The lowest BCUT2D eigenvalue weighted by Crippen LogP contribution is -2.33. The van der Waals surface area contributed by atoms with E-state index in [0.29, 0.717) is 17.0 Å². The van der Waals surface area contributed by atoms with Gasteiger partial charge < -0.3 is 5.32 Å². The van der Waals surface area contributed by atoms with Gasteiger partial charge in [0, 0.05) is 23.5 Å². The maximum absolute atomic E-state index is 12.4. The fourth-order valence-electron chi connectivity index (χ4n) is 2.37. The first-order chi connectivity index (χ1) is 11.0. The summed E-state index contributed by atoms with van der Waals surface area (Å²) in [5.74, 6) is -1.19. The SMILES string of the molecule is Cc1nn(C)c(C)c1C(=O)C(=O)NC(C)c1nc(C(C)(C)C)cs1. The minimum atomic E-state index is -0.630. The van der Waals surface area contributed by atoms with E-state index in [1.807, 2.05) is 12.3 Å². The normalized spacial score (nSPS) is 13.0. The van der Waals surface area contributed by atoms with Crippen LogP contribution in [-0.4, -0.2) is 26.5 Å². The summed E-state index contributed by atoms with van der Waals surface area (Å²) in [6.45, 7) is 11.6. The molecular weight excluding hydrogens is 324 g/mol. The van der Waals surface area contributed by atoms with Crippen LogP contribution in [0.25, 0.3) is 0 Å². The second-order valence-electron chi connectivity index (χ2n) is 7.01. The second-order valence-corrected chi connectivity index (χ2v) is 7.90. The second kappa shape index (κ2) is 6.47. The van der Waals surface area contributed by atoms with E-state index >= 15 is 0 Å². The Kier molecular flexibility index (Phi) is 4.94. The van der Waals surface area contributed by atoms with Crippen molar-refractivity contribution in [2.45, 2.75) is 53.0 Å². The van der Waals surface area contributed by atoms with Gasteiger partial charge in [-0.2, -0.15) is 5.10 Å². The Balaban J connectivity index is 2.14. The lowest BCUT2D eigenvalue weighted by molar-refractivity contribution is -0.117.